The molecule has 2 amide bonds. The molecule has 0 radical (unpaired) electrons. The minimum absolute atomic E-state index is 0.0742. The molecule has 1 saturated carbocycles. The summed E-state index contributed by atoms with van der Waals surface area (Å²) >= 11 is 0. The molecule has 2 aromatic carbocycles. The minimum atomic E-state index is -0.576. The summed E-state index contributed by atoms with van der Waals surface area (Å²) in [6, 6.07) is 7.67. The third-order valence-electron chi connectivity index (χ3n) is 4.46. The number of carbonyl (C=O) groups excluding carboxylic acids is 1. The summed E-state index contributed by atoms with van der Waals surface area (Å²) in [5.74, 6) is 0.0268. The second kappa shape index (κ2) is 8.70. The van der Waals surface area contributed by atoms with Gasteiger partial charge in [0.15, 0.2) is 11.5 Å². The fourth-order valence-electron chi connectivity index (χ4n) is 3.06. The van der Waals surface area contributed by atoms with E-state index < -0.39 is 17.7 Å². The van der Waals surface area contributed by atoms with Crippen molar-refractivity contribution in [2.45, 2.75) is 38.3 Å². The molecule has 0 bridgehead atoms. The van der Waals surface area contributed by atoms with E-state index in [0.29, 0.717) is 17.2 Å². The van der Waals surface area contributed by atoms with Crippen LogP contribution in [-0.2, 0) is 6.54 Å². The molecular formula is C20H22F2N2O3. The fraction of sp³-hybridized carbons (Fsp3) is 0.350. The molecule has 0 spiro atoms. The van der Waals surface area contributed by atoms with E-state index in [2.05, 4.69) is 10.6 Å². The van der Waals surface area contributed by atoms with E-state index in [1.54, 1.807) is 25.3 Å². The first kappa shape index (κ1) is 18.9. The van der Waals surface area contributed by atoms with Gasteiger partial charge >= 0.3 is 6.03 Å². The highest BCUT2D eigenvalue weighted by Crippen LogP contribution is 2.33. The van der Waals surface area contributed by atoms with Crippen LogP contribution in [0.15, 0.2) is 36.4 Å². The van der Waals surface area contributed by atoms with Crippen molar-refractivity contribution in [3.63, 3.8) is 0 Å². The van der Waals surface area contributed by atoms with Gasteiger partial charge in [-0.15, -0.1) is 0 Å². The first-order chi connectivity index (χ1) is 13.0. The van der Waals surface area contributed by atoms with E-state index in [-0.39, 0.29) is 18.2 Å². The molecule has 27 heavy (non-hydrogen) atoms. The van der Waals surface area contributed by atoms with Gasteiger partial charge in [-0.2, -0.15) is 0 Å². The SMILES string of the molecule is COc1ccc(NC(=O)NCc2cc(F)ccc2F)cc1OC1CCCC1. The van der Waals surface area contributed by atoms with Crippen molar-refractivity contribution in [1.29, 1.82) is 0 Å². The molecule has 0 atom stereocenters. The number of benzene rings is 2. The van der Waals surface area contributed by atoms with Gasteiger partial charge in [0.05, 0.1) is 13.2 Å². The maximum absolute atomic E-state index is 13.6. The molecule has 3 rings (SSSR count). The van der Waals surface area contributed by atoms with Crippen LogP contribution in [0.3, 0.4) is 0 Å². The number of methoxy groups -OCH3 is 1. The summed E-state index contributed by atoms with van der Waals surface area (Å²) in [4.78, 5) is 12.1. The van der Waals surface area contributed by atoms with Crippen molar-refractivity contribution in [2.75, 3.05) is 12.4 Å². The molecule has 0 unspecified atom stereocenters. The summed E-state index contributed by atoms with van der Waals surface area (Å²) in [7, 11) is 1.56. The van der Waals surface area contributed by atoms with Crippen molar-refractivity contribution in [3.05, 3.63) is 53.6 Å². The van der Waals surface area contributed by atoms with E-state index in [1.807, 2.05) is 0 Å². The zero-order valence-electron chi connectivity index (χ0n) is 15.1. The van der Waals surface area contributed by atoms with Crippen LogP contribution in [0.2, 0.25) is 0 Å². The molecule has 1 aliphatic carbocycles. The Morgan fingerprint density at radius 1 is 1.11 bits per heavy atom. The number of amides is 2. The largest absolute Gasteiger partial charge is 0.493 e. The Bertz CT molecular complexity index is 808. The average molecular weight is 376 g/mol. The fourth-order valence-corrected chi connectivity index (χ4v) is 3.06. The second-order valence-electron chi connectivity index (χ2n) is 6.43. The number of hydrogen-bond donors (Lipinski definition) is 2. The molecule has 2 aromatic rings. The lowest BCUT2D eigenvalue weighted by Crippen LogP contribution is -2.28. The van der Waals surface area contributed by atoms with Crippen molar-refractivity contribution >= 4 is 11.7 Å². The van der Waals surface area contributed by atoms with Crippen LogP contribution in [0.4, 0.5) is 19.3 Å². The third-order valence-corrected chi connectivity index (χ3v) is 4.46. The van der Waals surface area contributed by atoms with Gasteiger partial charge in [-0.25, -0.2) is 13.6 Å². The van der Waals surface area contributed by atoms with Crippen molar-refractivity contribution < 1.29 is 23.0 Å². The lowest BCUT2D eigenvalue weighted by Gasteiger charge is -2.17. The Hall–Kier alpha value is -2.83. The van der Waals surface area contributed by atoms with E-state index in [4.69, 9.17) is 9.47 Å². The number of urea groups is 1. The van der Waals surface area contributed by atoms with Crippen molar-refractivity contribution in [2.24, 2.45) is 0 Å². The number of ether oxygens (including phenoxy) is 2. The first-order valence-electron chi connectivity index (χ1n) is 8.88. The number of rotatable bonds is 6. The van der Waals surface area contributed by atoms with Crippen LogP contribution < -0.4 is 20.1 Å². The number of halogens is 2. The molecular weight excluding hydrogens is 354 g/mol. The molecule has 0 saturated heterocycles. The molecule has 5 nitrogen and oxygen atoms in total. The molecule has 144 valence electrons. The lowest BCUT2D eigenvalue weighted by molar-refractivity contribution is 0.201. The topological polar surface area (TPSA) is 59.6 Å². The standard InChI is InChI=1S/C20H22F2N2O3/c1-26-18-9-7-15(11-19(18)27-16-4-2-3-5-16)24-20(25)23-12-13-10-14(21)6-8-17(13)22/h6-11,16H,2-5,12H2,1H3,(H2,23,24,25). The predicted octanol–water partition coefficient (Wildman–Crippen LogP) is 4.62. The molecule has 1 aliphatic rings. The van der Waals surface area contributed by atoms with E-state index in [0.717, 1.165) is 43.9 Å². The number of hydrogen-bond acceptors (Lipinski definition) is 3. The van der Waals surface area contributed by atoms with Crippen LogP contribution in [0.1, 0.15) is 31.2 Å². The zero-order chi connectivity index (χ0) is 19.2. The number of nitrogens with one attached hydrogen (secondary N) is 2. The van der Waals surface area contributed by atoms with Crippen LogP contribution >= 0.6 is 0 Å². The van der Waals surface area contributed by atoms with E-state index in [9.17, 15) is 13.6 Å². The van der Waals surface area contributed by atoms with Crippen LogP contribution in [0.25, 0.3) is 0 Å². The maximum atomic E-state index is 13.6. The van der Waals surface area contributed by atoms with Gasteiger partial charge in [0.1, 0.15) is 11.6 Å². The molecule has 0 aliphatic heterocycles. The van der Waals surface area contributed by atoms with Gasteiger partial charge in [0.2, 0.25) is 0 Å². The van der Waals surface area contributed by atoms with Crippen LogP contribution in [0.5, 0.6) is 11.5 Å². The molecule has 0 heterocycles. The zero-order valence-corrected chi connectivity index (χ0v) is 15.1. The van der Waals surface area contributed by atoms with Gasteiger partial charge in [-0.3, -0.25) is 0 Å². The number of carbonyl (C=O) groups is 1. The van der Waals surface area contributed by atoms with Crippen molar-refractivity contribution in [1.82, 2.24) is 5.32 Å². The van der Waals surface area contributed by atoms with Gasteiger partial charge < -0.3 is 20.1 Å². The molecule has 7 heteroatoms. The Kier molecular flexibility index (Phi) is 6.11. The van der Waals surface area contributed by atoms with Gasteiger partial charge in [-0.1, -0.05) is 0 Å². The Morgan fingerprint density at radius 2 is 1.89 bits per heavy atom. The number of anilines is 1. The first-order valence-corrected chi connectivity index (χ1v) is 8.88. The Morgan fingerprint density at radius 3 is 2.63 bits per heavy atom. The lowest BCUT2D eigenvalue weighted by atomic mass is 10.2. The summed E-state index contributed by atoms with van der Waals surface area (Å²) in [6.07, 6.45) is 4.44. The van der Waals surface area contributed by atoms with Crippen molar-refractivity contribution in [3.8, 4) is 11.5 Å². The third kappa shape index (κ3) is 5.09. The smallest absolute Gasteiger partial charge is 0.319 e. The Labute approximate surface area is 156 Å². The van der Waals surface area contributed by atoms with Gasteiger partial charge in [0, 0.05) is 23.9 Å². The van der Waals surface area contributed by atoms with Crippen LogP contribution in [0, 0.1) is 11.6 Å². The normalized spacial score (nSPS) is 14.0. The minimum Gasteiger partial charge on any atom is -0.493 e. The predicted molar refractivity (Wildman–Crippen MR) is 98.1 cm³/mol. The molecule has 1 fully saturated rings. The summed E-state index contributed by atoms with van der Waals surface area (Å²) in [5.41, 5.74) is 0.589. The Balaban J connectivity index is 1.62. The van der Waals surface area contributed by atoms with Crippen LogP contribution in [-0.4, -0.2) is 19.2 Å². The molecule has 2 N–H and O–H groups in total. The van der Waals surface area contributed by atoms with Gasteiger partial charge in [0.25, 0.3) is 0 Å². The highest BCUT2D eigenvalue weighted by atomic mass is 19.1. The maximum Gasteiger partial charge on any atom is 0.319 e. The quantitative estimate of drug-likeness (QED) is 0.774. The summed E-state index contributed by atoms with van der Waals surface area (Å²) in [6.45, 7) is -0.128. The summed E-state index contributed by atoms with van der Waals surface area (Å²) < 4.78 is 38.1. The second-order valence-corrected chi connectivity index (χ2v) is 6.43. The monoisotopic (exact) mass is 376 g/mol. The van der Waals surface area contributed by atoms with E-state index in [1.165, 1.54) is 0 Å². The average Bonchev–Trinajstić information content (AvgIpc) is 3.16. The summed E-state index contributed by atoms with van der Waals surface area (Å²) in [5, 5.41) is 5.17. The van der Waals surface area contributed by atoms with E-state index >= 15 is 0 Å². The molecule has 0 aromatic heterocycles. The van der Waals surface area contributed by atoms with Gasteiger partial charge in [-0.05, 0) is 56.0 Å². The highest BCUT2D eigenvalue weighted by Gasteiger charge is 2.19. The highest BCUT2D eigenvalue weighted by molar-refractivity contribution is 5.89.